The van der Waals surface area contributed by atoms with Crippen molar-refractivity contribution in [1.29, 1.82) is 0 Å². The van der Waals surface area contributed by atoms with Crippen LogP contribution < -0.4 is 0 Å². The minimum Gasteiger partial charge on any atom is -0.458 e. The number of hydrogen-bond donors (Lipinski definition) is 0. The van der Waals surface area contributed by atoms with Crippen molar-refractivity contribution >= 4 is 41.7 Å². The lowest BCUT2D eigenvalue weighted by molar-refractivity contribution is -0.147. The van der Waals surface area contributed by atoms with Crippen molar-refractivity contribution in [3.05, 3.63) is 59.1 Å². The average molecular weight is 414 g/mol. The van der Waals surface area contributed by atoms with Crippen molar-refractivity contribution in [3.8, 4) is 0 Å². The van der Waals surface area contributed by atoms with Gasteiger partial charge in [-0.05, 0) is 63.8 Å². The SMILES string of the molecule is CC(=O)OC(CCCN(C)C)c1ccccc1Sc1ccc(Cl)cc1.Cl. The molecule has 0 spiro atoms. The fourth-order valence-electron chi connectivity index (χ4n) is 2.54. The Labute approximate surface area is 171 Å². The second-order valence-corrected chi connectivity index (χ2v) is 7.69. The molecule has 1 atom stereocenters. The van der Waals surface area contributed by atoms with Crippen LogP contribution in [0.5, 0.6) is 0 Å². The van der Waals surface area contributed by atoms with E-state index in [0.717, 1.165) is 39.8 Å². The molecular formula is C20H25Cl2NO2S. The quantitative estimate of drug-likeness (QED) is 0.506. The molecule has 0 N–H and O–H groups in total. The molecule has 2 aromatic rings. The van der Waals surface area contributed by atoms with Crippen molar-refractivity contribution < 1.29 is 9.53 Å². The summed E-state index contributed by atoms with van der Waals surface area (Å²) in [4.78, 5) is 15.9. The van der Waals surface area contributed by atoms with Gasteiger partial charge in [-0.15, -0.1) is 12.4 Å². The Balaban J connectivity index is 0.00000338. The number of carbonyl (C=O) groups excluding carboxylic acids is 1. The second-order valence-electron chi connectivity index (χ2n) is 6.14. The third kappa shape index (κ3) is 7.58. The molecule has 6 heteroatoms. The van der Waals surface area contributed by atoms with E-state index in [-0.39, 0.29) is 24.5 Å². The summed E-state index contributed by atoms with van der Waals surface area (Å²) in [5, 5.41) is 0.721. The Hall–Kier alpha value is -1.20. The largest absolute Gasteiger partial charge is 0.458 e. The zero-order valence-corrected chi connectivity index (χ0v) is 17.7. The van der Waals surface area contributed by atoms with Gasteiger partial charge in [0.25, 0.3) is 0 Å². The number of rotatable bonds is 8. The second kappa shape index (κ2) is 11.5. The molecule has 0 fully saturated rings. The van der Waals surface area contributed by atoms with Crippen LogP contribution >= 0.6 is 35.8 Å². The maximum absolute atomic E-state index is 11.6. The molecule has 0 radical (unpaired) electrons. The van der Waals surface area contributed by atoms with Gasteiger partial charge in [0.05, 0.1) is 0 Å². The molecule has 0 aromatic heterocycles. The standard InChI is InChI=1S/C20H24ClNO2S.ClH/c1-15(23)24-19(8-6-14-22(2)3)18-7-4-5-9-20(18)25-17-12-10-16(21)11-13-17;/h4-5,7,9-13,19H,6,8,14H2,1-3H3;1H. The van der Waals surface area contributed by atoms with Gasteiger partial charge < -0.3 is 9.64 Å². The minimum atomic E-state index is -0.249. The molecule has 0 saturated carbocycles. The first-order valence-corrected chi connectivity index (χ1v) is 9.49. The van der Waals surface area contributed by atoms with E-state index in [1.54, 1.807) is 11.8 Å². The first kappa shape index (κ1) is 22.8. The first-order valence-electron chi connectivity index (χ1n) is 8.30. The van der Waals surface area contributed by atoms with Gasteiger partial charge >= 0.3 is 5.97 Å². The Morgan fingerprint density at radius 3 is 2.42 bits per heavy atom. The van der Waals surface area contributed by atoms with Crippen LogP contribution in [0.15, 0.2) is 58.3 Å². The Morgan fingerprint density at radius 2 is 1.81 bits per heavy atom. The highest BCUT2D eigenvalue weighted by atomic mass is 35.5. The highest BCUT2D eigenvalue weighted by Gasteiger charge is 2.18. The number of benzene rings is 2. The number of nitrogens with zero attached hydrogens (tertiary/aromatic N) is 1. The summed E-state index contributed by atoms with van der Waals surface area (Å²) in [7, 11) is 4.09. The van der Waals surface area contributed by atoms with Crippen LogP contribution in [0.1, 0.15) is 31.4 Å². The van der Waals surface area contributed by atoms with E-state index in [2.05, 4.69) is 11.0 Å². The molecule has 1 unspecified atom stereocenters. The Bertz CT molecular complexity index is 692. The topological polar surface area (TPSA) is 29.5 Å². The highest BCUT2D eigenvalue weighted by molar-refractivity contribution is 7.99. The predicted octanol–water partition coefficient (Wildman–Crippen LogP) is 5.86. The molecule has 26 heavy (non-hydrogen) atoms. The zero-order chi connectivity index (χ0) is 18.2. The van der Waals surface area contributed by atoms with Crippen LogP contribution in [0, 0.1) is 0 Å². The third-order valence-corrected chi connectivity index (χ3v) is 5.04. The summed E-state index contributed by atoms with van der Waals surface area (Å²) in [5.74, 6) is -0.249. The van der Waals surface area contributed by atoms with Crippen LogP contribution in [0.2, 0.25) is 5.02 Å². The molecule has 0 saturated heterocycles. The molecule has 0 aliphatic heterocycles. The van der Waals surface area contributed by atoms with Gasteiger partial charge in [0.15, 0.2) is 0 Å². The van der Waals surface area contributed by atoms with Gasteiger partial charge in [0, 0.05) is 27.3 Å². The van der Waals surface area contributed by atoms with Gasteiger partial charge in [-0.3, -0.25) is 4.79 Å². The lowest BCUT2D eigenvalue weighted by Crippen LogP contribution is -2.16. The smallest absolute Gasteiger partial charge is 0.303 e. The lowest BCUT2D eigenvalue weighted by Gasteiger charge is -2.21. The molecule has 0 heterocycles. The molecule has 0 aliphatic carbocycles. The van der Waals surface area contributed by atoms with Gasteiger partial charge in [0.1, 0.15) is 6.10 Å². The van der Waals surface area contributed by atoms with E-state index >= 15 is 0 Å². The van der Waals surface area contributed by atoms with Gasteiger partial charge in [-0.2, -0.15) is 0 Å². The Morgan fingerprint density at radius 1 is 1.15 bits per heavy atom. The van der Waals surface area contributed by atoms with E-state index in [0.29, 0.717) is 0 Å². The van der Waals surface area contributed by atoms with Crippen LogP contribution in [0.25, 0.3) is 0 Å². The molecule has 3 nitrogen and oxygen atoms in total. The van der Waals surface area contributed by atoms with E-state index in [9.17, 15) is 4.79 Å². The van der Waals surface area contributed by atoms with Gasteiger partial charge in [-0.1, -0.05) is 41.6 Å². The fraction of sp³-hybridized carbons (Fsp3) is 0.350. The molecule has 0 bridgehead atoms. The summed E-state index contributed by atoms with van der Waals surface area (Å²) in [6.07, 6.45) is 1.54. The molecular weight excluding hydrogens is 389 g/mol. The van der Waals surface area contributed by atoms with Crippen molar-refractivity contribution in [2.45, 2.75) is 35.7 Å². The fourth-order valence-corrected chi connectivity index (χ4v) is 3.66. The number of halogens is 2. The Kier molecular flexibility index (Phi) is 10.1. The maximum atomic E-state index is 11.6. The van der Waals surface area contributed by atoms with E-state index in [4.69, 9.17) is 16.3 Å². The molecule has 2 rings (SSSR count). The monoisotopic (exact) mass is 413 g/mol. The minimum absolute atomic E-state index is 0. The van der Waals surface area contributed by atoms with Crippen molar-refractivity contribution in [2.24, 2.45) is 0 Å². The molecule has 0 amide bonds. The highest BCUT2D eigenvalue weighted by Crippen LogP contribution is 2.36. The van der Waals surface area contributed by atoms with Gasteiger partial charge in [0.2, 0.25) is 0 Å². The van der Waals surface area contributed by atoms with Crippen molar-refractivity contribution in [2.75, 3.05) is 20.6 Å². The van der Waals surface area contributed by atoms with Crippen molar-refractivity contribution in [1.82, 2.24) is 4.90 Å². The number of esters is 1. The van der Waals surface area contributed by atoms with Gasteiger partial charge in [-0.25, -0.2) is 0 Å². The number of carbonyl (C=O) groups is 1. The molecule has 0 aliphatic rings. The van der Waals surface area contributed by atoms with E-state index in [1.165, 1.54) is 6.92 Å². The molecule has 2 aromatic carbocycles. The van der Waals surface area contributed by atoms with Crippen LogP contribution in [-0.4, -0.2) is 31.5 Å². The average Bonchev–Trinajstić information content (AvgIpc) is 2.56. The summed E-state index contributed by atoms with van der Waals surface area (Å²) in [6, 6.07) is 15.9. The zero-order valence-electron chi connectivity index (χ0n) is 15.3. The normalized spacial score (nSPS) is 11.7. The predicted molar refractivity (Wildman–Crippen MR) is 112 cm³/mol. The third-order valence-electron chi connectivity index (χ3n) is 3.69. The van der Waals surface area contributed by atoms with Crippen LogP contribution in [-0.2, 0) is 9.53 Å². The summed E-state index contributed by atoms with van der Waals surface area (Å²) < 4.78 is 5.62. The number of ether oxygens (including phenoxy) is 1. The first-order chi connectivity index (χ1) is 12.0. The van der Waals surface area contributed by atoms with E-state index in [1.807, 2.05) is 56.6 Å². The number of hydrogen-bond acceptors (Lipinski definition) is 4. The summed E-state index contributed by atoms with van der Waals surface area (Å²) in [5.41, 5.74) is 1.05. The van der Waals surface area contributed by atoms with Crippen molar-refractivity contribution in [3.63, 3.8) is 0 Å². The van der Waals surface area contributed by atoms with E-state index < -0.39 is 0 Å². The maximum Gasteiger partial charge on any atom is 0.303 e. The summed E-state index contributed by atoms with van der Waals surface area (Å²) in [6.45, 7) is 2.43. The lowest BCUT2D eigenvalue weighted by atomic mass is 10.0. The summed E-state index contributed by atoms with van der Waals surface area (Å²) >= 11 is 7.62. The van der Waals surface area contributed by atoms with Crippen LogP contribution in [0.3, 0.4) is 0 Å². The molecule has 142 valence electrons. The van der Waals surface area contributed by atoms with Crippen LogP contribution in [0.4, 0.5) is 0 Å².